The largest absolute Gasteiger partial charge is 0.504 e. The lowest BCUT2D eigenvalue weighted by Gasteiger charge is -2.20. The highest BCUT2D eigenvalue weighted by molar-refractivity contribution is 7.94. The summed E-state index contributed by atoms with van der Waals surface area (Å²) in [6.45, 7) is 4.63. The van der Waals surface area contributed by atoms with Crippen molar-refractivity contribution in [3.8, 4) is 11.5 Å². The highest BCUT2D eigenvalue weighted by Gasteiger charge is 2.29. The molecule has 1 amide bonds. The first kappa shape index (κ1) is 18.5. The molecule has 2 aromatic rings. The second-order valence-electron chi connectivity index (χ2n) is 6.31. The number of rotatable bonds is 4. The number of anilines is 2. The predicted molar refractivity (Wildman–Crippen MR) is 94.3 cm³/mol. The zero-order valence-electron chi connectivity index (χ0n) is 13.9. The minimum absolute atomic E-state index is 0.0242. The smallest absolute Gasteiger partial charge is 0.255 e. The van der Waals surface area contributed by atoms with Crippen LogP contribution in [0.3, 0.4) is 0 Å². The maximum absolute atomic E-state index is 12.3. The summed E-state index contributed by atoms with van der Waals surface area (Å²) in [6.07, 6.45) is 1.31. The fraction of sp³-hybridized carbons (Fsp3) is 0.250. The molecule has 0 aliphatic carbocycles. The summed E-state index contributed by atoms with van der Waals surface area (Å²) in [5.74, 6) is -1.17. The van der Waals surface area contributed by atoms with Gasteiger partial charge in [0.1, 0.15) is 5.82 Å². The van der Waals surface area contributed by atoms with Crippen LogP contribution in [0, 0.1) is 0 Å². The lowest BCUT2D eigenvalue weighted by atomic mass is 10.2. The molecule has 2 rings (SSSR count). The molecule has 0 aliphatic rings. The summed E-state index contributed by atoms with van der Waals surface area (Å²) >= 11 is 0. The van der Waals surface area contributed by atoms with Gasteiger partial charge in [0.2, 0.25) is 10.0 Å². The quantitative estimate of drug-likeness (QED) is 0.486. The monoisotopic (exact) mass is 365 g/mol. The van der Waals surface area contributed by atoms with Crippen LogP contribution in [0.4, 0.5) is 11.5 Å². The third-order valence-electron chi connectivity index (χ3n) is 3.30. The van der Waals surface area contributed by atoms with Crippen molar-refractivity contribution in [1.82, 2.24) is 4.98 Å². The van der Waals surface area contributed by atoms with Crippen LogP contribution >= 0.6 is 0 Å². The van der Waals surface area contributed by atoms with E-state index in [1.807, 2.05) is 0 Å². The number of benzene rings is 1. The van der Waals surface area contributed by atoms with Gasteiger partial charge < -0.3 is 15.5 Å². The zero-order chi connectivity index (χ0) is 18.8. The Morgan fingerprint density at radius 3 is 2.36 bits per heavy atom. The first-order chi connectivity index (χ1) is 11.5. The number of aromatic nitrogens is 1. The van der Waals surface area contributed by atoms with Crippen molar-refractivity contribution in [3.63, 3.8) is 0 Å². The van der Waals surface area contributed by atoms with Crippen LogP contribution in [-0.2, 0) is 10.0 Å². The summed E-state index contributed by atoms with van der Waals surface area (Å²) < 4.78 is 25.6. The molecule has 9 heteroatoms. The summed E-state index contributed by atoms with van der Waals surface area (Å²) in [5.41, 5.74) is 0.447. The second kappa shape index (κ2) is 6.60. The van der Waals surface area contributed by atoms with Gasteiger partial charge in [-0.1, -0.05) is 0 Å². The van der Waals surface area contributed by atoms with Crippen LogP contribution < -0.4 is 10.0 Å². The van der Waals surface area contributed by atoms with Crippen molar-refractivity contribution in [2.24, 2.45) is 0 Å². The number of sulfonamides is 1. The van der Waals surface area contributed by atoms with E-state index in [1.165, 1.54) is 36.5 Å². The van der Waals surface area contributed by atoms with E-state index in [-0.39, 0.29) is 28.6 Å². The average molecular weight is 365 g/mol. The number of hydrogen-bond acceptors (Lipinski definition) is 6. The summed E-state index contributed by atoms with van der Waals surface area (Å²) in [7, 11) is -3.67. The van der Waals surface area contributed by atoms with Crippen molar-refractivity contribution in [1.29, 1.82) is 0 Å². The maximum Gasteiger partial charge on any atom is 0.255 e. The van der Waals surface area contributed by atoms with Gasteiger partial charge in [-0.25, -0.2) is 13.4 Å². The Hall–Kier alpha value is -2.81. The Bertz CT molecular complexity index is 904. The van der Waals surface area contributed by atoms with E-state index in [2.05, 4.69) is 15.0 Å². The number of carbonyl (C=O) groups excluding carboxylic acids is 1. The van der Waals surface area contributed by atoms with Gasteiger partial charge in [-0.05, 0) is 45.0 Å². The molecule has 0 bridgehead atoms. The normalized spacial score (nSPS) is 11.8. The molecule has 1 aromatic heterocycles. The molecule has 25 heavy (non-hydrogen) atoms. The van der Waals surface area contributed by atoms with E-state index in [0.717, 1.165) is 0 Å². The summed E-state index contributed by atoms with van der Waals surface area (Å²) in [5, 5.41) is 21.2. The lowest BCUT2D eigenvalue weighted by molar-refractivity contribution is 0.102. The number of carbonyl (C=O) groups is 1. The molecule has 0 fully saturated rings. The van der Waals surface area contributed by atoms with Gasteiger partial charge in [-0.3, -0.25) is 9.52 Å². The lowest BCUT2D eigenvalue weighted by Crippen LogP contribution is -2.34. The second-order valence-corrected chi connectivity index (χ2v) is 8.74. The molecule has 134 valence electrons. The minimum atomic E-state index is -3.67. The van der Waals surface area contributed by atoms with Crippen LogP contribution in [-0.4, -0.2) is 34.3 Å². The first-order valence-electron chi connectivity index (χ1n) is 7.31. The van der Waals surface area contributed by atoms with Gasteiger partial charge in [-0.2, -0.15) is 0 Å². The number of phenols is 2. The number of amides is 1. The highest BCUT2D eigenvalue weighted by Crippen LogP contribution is 2.27. The molecular weight excluding hydrogens is 346 g/mol. The van der Waals surface area contributed by atoms with Gasteiger partial charge >= 0.3 is 0 Å². The molecular formula is C16H19N3O5S. The van der Waals surface area contributed by atoms with Gasteiger partial charge in [0.05, 0.1) is 4.75 Å². The van der Waals surface area contributed by atoms with Gasteiger partial charge in [0.25, 0.3) is 5.91 Å². The van der Waals surface area contributed by atoms with E-state index in [1.54, 1.807) is 20.8 Å². The number of nitrogens with zero attached hydrogens (tertiary/aromatic N) is 1. The molecule has 1 heterocycles. The third-order valence-corrected chi connectivity index (χ3v) is 5.39. The standard InChI is InChI=1S/C16H19N3O5S/c1-16(2,3)25(23,24)19-14-8-10(6-7-17-14)15(22)18-11-4-5-12(20)13(21)9-11/h4-9,20-21H,1-3H3,(H,17,19)(H,18,22). The number of aromatic hydroxyl groups is 2. The molecule has 0 aliphatic heterocycles. The highest BCUT2D eigenvalue weighted by atomic mass is 32.2. The first-order valence-corrected chi connectivity index (χ1v) is 8.80. The number of nitrogens with one attached hydrogen (secondary N) is 2. The molecule has 0 unspecified atom stereocenters. The van der Waals surface area contributed by atoms with E-state index in [0.29, 0.717) is 0 Å². The Morgan fingerprint density at radius 2 is 1.76 bits per heavy atom. The molecule has 0 saturated carbocycles. The molecule has 0 saturated heterocycles. The Morgan fingerprint density at radius 1 is 1.08 bits per heavy atom. The number of pyridine rings is 1. The molecule has 0 atom stereocenters. The summed E-state index contributed by atoms with van der Waals surface area (Å²) in [4.78, 5) is 16.2. The van der Waals surface area contributed by atoms with E-state index < -0.39 is 20.7 Å². The van der Waals surface area contributed by atoms with Crippen molar-refractivity contribution in [2.45, 2.75) is 25.5 Å². The molecule has 1 aromatic carbocycles. The van der Waals surface area contributed by atoms with E-state index in [9.17, 15) is 23.4 Å². The molecule has 8 nitrogen and oxygen atoms in total. The SMILES string of the molecule is CC(C)(C)S(=O)(=O)Nc1cc(C(=O)Nc2ccc(O)c(O)c2)ccn1. The Labute approximate surface area is 145 Å². The fourth-order valence-electron chi connectivity index (χ4n) is 1.72. The van der Waals surface area contributed by atoms with Crippen molar-refractivity contribution >= 4 is 27.4 Å². The van der Waals surface area contributed by atoms with Gasteiger partial charge in [-0.15, -0.1) is 0 Å². The van der Waals surface area contributed by atoms with Crippen molar-refractivity contribution < 1.29 is 23.4 Å². The predicted octanol–water partition coefficient (Wildman–Crippen LogP) is 2.29. The minimum Gasteiger partial charge on any atom is -0.504 e. The van der Waals surface area contributed by atoms with Gasteiger partial charge in [0.15, 0.2) is 11.5 Å². The zero-order valence-corrected chi connectivity index (χ0v) is 14.8. The topological polar surface area (TPSA) is 129 Å². The number of hydrogen-bond donors (Lipinski definition) is 4. The average Bonchev–Trinajstić information content (AvgIpc) is 2.49. The maximum atomic E-state index is 12.3. The van der Waals surface area contributed by atoms with Crippen LogP contribution in [0.25, 0.3) is 0 Å². The number of phenolic OH excluding ortho intramolecular Hbond substituents is 2. The van der Waals surface area contributed by atoms with E-state index in [4.69, 9.17) is 0 Å². The third kappa shape index (κ3) is 4.38. The van der Waals surface area contributed by atoms with Crippen LogP contribution in [0.15, 0.2) is 36.5 Å². The van der Waals surface area contributed by atoms with E-state index >= 15 is 0 Å². The Kier molecular flexibility index (Phi) is 4.89. The van der Waals surface area contributed by atoms with Crippen LogP contribution in [0.5, 0.6) is 11.5 Å². The van der Waals surface area contributed by atoms with Gasteiger partial charge in [0, 0.05) is 23.5 Å². The summed E-state index contributed by atoms with van der Waals surface area (Å²) in [6, 6.07) is 6.57. The van der Waals surface area contributed by atoms with Crippen LogP contribution in [0.1, 0.15) is 31.1 Å². The molecule has 4 N–H and O–H groups in total. The Balaban J connectivity index is 2.20. The van der Waals surface area contributed by atoms with Crippen molar-refractivity contribution in [3.05, 3.63) is 42.1 Å². The molecule has 0 radical (unpaired) electrons. The van der Waals surface area contributed by atoms with Crippen molar-refractivity contribution in [2.75, 3.05) is 10.0 Å². The van der Waals surface area contributed by atoms with Crippen LogP contribution in [0.2, 0.25) is 0 Å². The fourth-order valence-corrected chi connectivity index (χ4v) is 2.42. The molecule has 0 spiro atoms.